The zero-order chi connectivity index (χ0) is 23.1. The molecule has 0 aromatic heterocycles. The van der Waals surface area contributed by atoms with Gasteiger partial charge in [0, 0.05) is 22.1 Å². The molecule has 7 heteroatoms. The van der Waals surface area contributed by atoms with Gasteiger partial charge in [0.15, 0.2) is 6.61 Å². The van der Waals surface area contributed by atoms with Crippen molar-refractivity contribution < 1.29 is 14.3 Å². The number of ether oxygens (including phenoxy) is 1. The fraction of sp³-hybridized carbons (Fsp3) is 0.440. The van der Waals surface area contributed by atoms with E-state index in [-0.39, 0.29) is 31.0 Å². The van der Waals surface area contributed by atoms with E-state index in [0.29, 0.717) is 17.2 Å². The average molecular weight is 522 g/mol. The minimum Gasteiger partial charge on any atom is -0.484 e. The van der Waals surface area contributed by atoms with Crippen LogP contribution in [0.1, 0.15) is 50.2 Å². The Morgan fingerprint density at radius 3 is 2.59 bits per heavy atom. The van der Waals surface area contributed by atoms with Gasteiger partial charge in [-0.3, -0.25) is 9.59 Å². The number of rotatable bonds is 9. The Kier molecular flexibility index (Phi) is 9.00. The van der Waals surface area contributed by atoms with Crippen molar-refractivity contribution in [3.63, 3.8) is 0 Å². The number of carbonyl (C=O) groups is 2. The molecule has 0 radical (unpaired) electrons. The Balaban J connectivity index is 1.77. The van der Waals surface area contributed by atoms with Gasteiger partial charge in [-0.2, -0.15) is 0 Å². The van der Waals surface area contributed by atoms with Crippen LogP contribution in [0.3, 0.4) is 0 Å². The van der Waals surface area contributed by atoms with Crippen LogP contribution >= 0.6 is 27.5 Å². The Morgan fingerprint density at radius 2 is 1.94 bits per heavy atom. The number of carbonyl (C=O) groups excluding carboxylic acids is 2. The molecule has 1 fully saturated rings. The van der Waals surface area contributed by atoms with E-state index in [1.807, 2.05) is 50.2 Å². The van der Waals surface area contributed by atoms with Crippen LogP contribution in [-0.4, -0.2) is 35.4 Å². The number of nitrogens with zero attached hydrogens (tertiary/aromatic N) is 1. The van der Waals surface area contributed by atoms with Gasteiger partial charge in [0.05, 0.1) is 0 Å². The van der Waals surface area contributed by atoms with Crippen LogP contribution in [-0.2, 0) is 16.1 Å². The molecule has 2 amide bonds. The maximum Gasteiger partial charge on any atom is 0.261 e. The van der Waals surface area contributed by atoms with Crippen molar-refractivity contribution in [1.29, 1.82) is 0 Å². The molecule has 0 heterocycles. The molecule has 1 aliphatic rings. The van der Waals surface area contributed by atoms with Gasteiger partial charge in [-0.1, -0.05) is 65.5 Å². The third-order valence-corrected chi connectivity index (χ3v) is 7.14. The highest BCUT2D eigenvalue weighted by Crippen LogP contribution is 2.23. The van der Waals surface area contributed by atoms with Crippen molar-refractivity contribution in [2.24, 2.45) is 0 Å². The van der Waals surface area contributed by atoms with Gasteiger partial charge in [-0.05, 0) is 61.6 Å². The summed E-state index contributed by atoms with van der Waals surface area (Å²) in [6.07, 6.45) is 4.75. The SMILES string of the molecule is CC[C@H](C(=O)NC1CCCC1)N(Cc1ccccc1Cl)C(=O)COc1ccc(Br)c(C)c1. The first-order valence-electron chi connectivity index (χ1n) is 11.1. The number of hydrogen-bond acceptors (Lipinski definition) is 3. The van der Waals surface area contributed by atoms with Gasteiger partial charge in [0.25, 0.3) is 5.91 Å². The summed E-state index contributed by atoms with van der Waals surface area (Å²) >= 11 is 9.84. The van der Waals surface area contributed by atoms with Crippen LogP contribution in [0, 0.1) is 6.92 Å². The summed E-state index contributed by atoms with van der Waals surface area (Å²) < 4.78 is 6.76. The largest absolute Gasteiger partial charge is 0.484 e. The third kappa shape index (κ3) is 6.48. The monoisotopic (exact) mass is 520 g/mol. The molecule has 0 saturated heterocycles. The summed E-state index contributed by atoms with van der Waals surface area (Å²) in [6, 6.07) is 12.6. The predicted octanol–water partition coefficient (Wildman–Crippen LogP) is 5.66. The van der Waals surface area contributed by atoms with E-state index < -0.39 is 6.04 Å². The second-order valence-electron chi connectivity index (χ2n) is 8.23. The van der Waals surface area contributed by atoms with Gasteiger partial charge < -0.3 is 15.0 Å². The highest BCUT2D eigenvalue weighted by atomic mass is 79.9. The number of nitrogens with one attached hydrogen (secondary N) is 1. The molecule has 32 heavy (non-hydrogen) atoms. The first kappa shape index (κ1) is 24.6. The summed E-state index contributed by atoms with van der Waals surface area (Å²) in [5.74, 6) is 0.249. The van der Waals surface area contributed by atoms with Crippen LogP contribution in [0.2, 0.25) is 5.02 Å². The lowest BCUT2D eigenvalue weighted by Gasteiger charge is -2.31. The van der Waals surface area contributed by atoms with Crippen molar-refractivity contribution in [3.8, 4) is 5.75 Å². The zero-order valence-electron chi connectivity index (χ0n) is 18.6. The lowest BCUT2D eigenvalue weighted by molar-refractivity contribution is -0.143. The molecule has 2 aromatic carbocycles. The highest BCUT2D eigenvalue weighted by molar-refractivity contribution is 9.10. The molecule has 0 spiro atoms. The van der Waals surface area contributed by atoms with Crippen LogP contribution in [0.15, 0.2) is 46.9 Å². The highest BCUT2D eigenvalue weighted by Gasteiger charge is 2.31. The Morgan fingerprint density at radius 1 is 1.22 bits per heavy atom. The summed E-state index contributed by atoms with van der Waals surface area (Å²) in [5.41, 5.74) is 1.82. The number of hydrogen-bond donors (Lipinski definition) is 1. The second-order valence-corrected chi connectivity index (χ2v) is 9.49. The molecular formula is C25H30BrClN2O3. The first-order valence-corrected chi connectivity index (χ1v) is 12.3. The van der Waals surface area contributed by atoms with Crippen molar-refractivity contribution >= 4 is 39.3 Å². The number of halogens is 2. The number of aryl methyl sites for hydroxylation is 1. The van der Waals surface area contributed by atoms with E-state index in [0.717, 1.165) is 41.3 Å². The molecule has 2 aromatic rings. The molecule has 1 N–H and O–H groups in total. The van der Waals surface area contributed by atoms with Gasteiger partial charge >= 0.3 is 0 Å². The smallest absolute Gasteiger partial charge is 0.261 e. The van der Waals surface area contributed by atoms with Crippen LogP contribution < -0.4 is 10.1 Å². The lowest BCUT2D eigenvalue weighted by Crippen LogP contribution is -2.52. The number of amides is 2. The van der Waals surface area contributed by atoms with E-state index >= 15 is 0 Å². The molecule has 3 rings (SSSR count). The van der Waals surface area contributed by atoms with E-state index in [9.17, 15) is 9.59 Å². The summed E-state index contributed by atoms with van der Waals surface area (Å²) in [5, 5.41) is 3.71. The van der Waals surface area contributed by atoms with Crippen molar-refractivity contribution in [2.45, 2.75) is 64.6 Å². The Bertz CT molecular complexity index is 947. The fourth-order valence-corrected chi connectivity index (χ4v) is 4.47. The Hall–Kier alpha value is -2.05. The third-order valence-electron chi connectivity index (χ3n) is 5.88. The van der Waals surface area contributed by atoms with Crippen LogP contribution in [0.5, 0.6) is 5.75 Å². The first-order chi connectivity index (χ1) is 15.4. The van der Waals surface area contributed by atoms with Crippen molar-refractivity contribution in [1.82, 2.24) is 10.2 Å². The van der Waals surface area contributed by atoms with Crippen molar-refractivity contribution in [3.05, 3.63) is 63.1 Å². The maximum absolute atomic E-state index is 13.3. The minimum atomic E-state index is -0.588. The molecular weight excluding hydrogens is 492 g/mol. The van der Waals surface area contributed by atoms with Gasteiger partial charge in [-0.15, -0.1) is 0 Å². The van der Waals surface area contributed by atoms with Gasteiger partial charge in [-0.25, -0.2) is 0 Å². The minimum absolute atomic E-state index is 0.112. The zero-order valence-corrected chi connectivity index (χ0v) is 20.9. The average Bonchev–Trinajstić information content (AvgIpc) is 3.28. The van der Waals surface area contributed by atoms with E-state index in [2.05, 4.69) is 21.2 Å². The molecule has 5 nitrogen and oxygen atoms in total. The quantitative estimate of drug-likeness (QED) is 0.463. The van der Waals surface area contributed by atoms with Crippen LogP contribution in [0.25, 0.3) is 0 Å². The molecule has 1 aliphatic carbocycles. The molecule has 0 aliphatic heterocycles. The standard InChI is InChI=1S/C25H30BrClN2O3/c1-3-23(25(31)28-19-9-5-6-10-19)29(15-18-8-4-7-11-22(18)27)24(30)16-32-20-12-13-21(26)17(2)14-20/h4,7-8,11-14,19,23H,3,5-6,9-10,15-16H2,1-2H3,(H,28,31)/t23-/m1/s1. The van der Waals surface area contributed by atoms with E-state index in [4.69, 9.17) is 16.3 Å². The molecule has 1 atom stereocenters. The molecule has 1 saturated carbocycles. The van der Waals surface area contributed by atoms with E-state index in [1.54, 1.807) is 11.0 Å². The van der Waals surface area contributed by atoms with Gasteiger partial charge in [0.2, 0.25) is 5.91 Å². The van der Waals surface area contributed by atoms with Gasteiger partial charge in [0.1, 0.15) is 11.8 Å². The Labute approximate surface area is 203 Å². The molecule has 172 valence electrons. The topological polar surface area (TPSA) is 58.6 Å². The van der Waals surface area contributed by atoms with Crippen LogP contribution in [0.4, 0.5) is 0 Å². The lowest BCUT2D eigenvalue weighted by atomic mass is 10.1. The van der Waals surface area contributed by atoms with Crippen molar-refractivity contribution in [2.75, 3.05) is 6.61 Å². The number of benzene rings is 2. The summed E-state index contributed by atoms with van der Waals surface area (Å²) in [6.45, 7) is 3.98. The summed E-state index contributed by atoms with van der Waals surface area (Å²) in [4.78, 5) is 28.0. The normalized spacial score (nSPS) is 14.8. The molecule has 0 bridgehead atoms. The maximum atomic E-state index is 13.3. The second kappa shape index (κ2) is 11.7. The summed E-state index contributed by atoms with van der Waals surface area (Å²) in [7, 11) is 0. The van der Waals surface area contributed by atoms with E-state index in [1.165, 1.54) is 0 Å². The predicted molar refractivity (Wildman–Crippen MR) is 131 cm³/mol. The fourth-order valence-electron chi connectivity index (χ4n) is 4.03. The molecule has 0 unspecified atom stereocenters.